The molecule has 2 aromatic carbocycles. The highest BCUT2D eigenvalue weighted by molar-refractivity contribution is 8.13. The van der Waals surface area contributed by atoms with E-state index in [1.807, 2.05) is 24.5 Å². The molecule has 6 nitrogen and oxygen atoms in total. The van der Waals surface area contributed by atoms with Crippen molar-refractivity contribution in [2.24, 2.45) is 5.10 Å². The number of hydrazine groups is 1. The molecule has 0 aliphatic carbocycles. The first kappa shape index (κ1) is 23.9. The third-order valence-corrected chi connectivity index (χ3v) is 7.41. The summed E-state index contributed by atoms with van der Waals surface area (Å²) in [5, 5.41) is 7.34. The molecule has 2 N–H and O–H groups in total. The molecular formula is C25H28F3N5OS. The number of alkyl halides is 3. The molecule has 186 valence electrons. The second kappa shape index (κ2) is 10.0. The van der Waals surface area contributed by atoms with Crippen LogP contribution < -0.4 is 15.6 Å². The number of unbranched alkanes of at least 4 members (excludes halogenated alkanes) is 1. The van der Waals surface area contributed by atoms with E-state index in [1.54, 1.807) is 6.07 Å². The Labute approximate surface area is 207 Å². The van der Waals surface area contributed by atoms with Gasteiger partial charge in [-0.3, -0.25) is 5.43 Å². The first-order chi connectivity index (χ1) is 16.9. The van der Waals surface area contributed by atoms with Crippen molar-refractivity contribution in [2.75, 3.05) is 6.61 Å². The molecule has 0 spiro atoms. The minimum atomic E-state index is -4.34. The number of ether oxygens (including phenoxy) is 1. The largest absolute Gasteiger partial charge is 0.494 e. The molecule has 0 bridgehead atoms. The number of nitrogens with one attached hydrogen (secondary N) is 2. The van der Waals surface area contributed by atoms with Crippen LogP contribution in [0, 0.1) is 0 Å². The zero-order valence-electron chi connectivity index (χ0n) is 19.3. The van der Waals surface area contributed by atoms with Crippen LogP contribution in [0.3, 0.4) is 0 Å². The van der Waals surface area contributed by atoms with E-state index in [-0.39, 0.29) is 18.2 Å². The Balaban J connectivity index is 1.18. The van der Waals surface area contributed by atoms with Crippen molar-refractivity contribution < 1.29 is 17.9 Å². The predicted octanol–water partition coefficient (Wildman–Crippen LogP) is 5.42. The third kappa shape index (κ3) is 5.23. The maximum absolute atomic E-state index is 13.0. The van der Waals surface area contributed by atoms with E-state index in [4.69, 9.17) is 4.74 Å². The molecule has 0 radical (unpaired) electrons. The molecule has 0 amide bonds. The highest BCUT2D eigenvalue weighted by atomic mass is 32.2. The highest BCUT2D eigenvalue weighted by Gasteiger charge is 2.44. The maximum atomic E-state index is 13.0. The molecule has 5 rings (SSSR count). The topological polar surface area (TPSA) is 52.1 Å². The van der Waals surface area contributed by atoms with Crippen molar-refractivity contribution in [2.45, 2.75) is 56.4 Å². The SMILES string of the molecule is CCCCOc1ccc(C2CC3C4NN=C(SCc5cccc(C(F)(F)F)c5)N4C=CN3N2)cc1. The summed E-state index contributed by atoms with van der Waals surface area (Å²) in [7, 11) is 0. The molecule has 0 saturated carbocycles. The third-order valence-electron chi connectivity index (χ3n) is 6.38. The van der Waals surface area contributed by atoms with Crippen molar-refractivity contribution in [1.82, 2.24) is 20.8 Å². The predicted molar refractivity (Wildman–Crippen MR) is 131 cm³/mol. The summed E-state index contributed by atoms with van der Waals surface area (Å²) in [6, 6.07) is 14.0. The minimum Gasteiger partial charge on any atom is -0.494 e. The van der Waals surface area contributed by atoms with Crippen molar-refractivity contribution in [3.05, 3.63) is 77.6 Å². The van der Waals surface area contributed by atoms with E-state index in [0.717, 1.165) is 42.9 Å². The molecule has 1 saturated heterocycles. The van der Waals surface area contributed by atoms with Gasteiger partial charge in [-0.15, -0.1) is 0 Å². The first-order valence-electron chi connectivity index (χ1n) is 11.8. The van der Waals surface area contributed by atoms with Crippen molar-refractivity contribution >= 4 is 16.9 Å². The zero-order valence-corrected chi connectivity index (χ0v) is 20.1. The summed E-state index contributed by atoms with van der Waals surface area (Å²) in [6.45, 7) is 2.88. The lowest BCUT2D eigenvalue weighted by Crippen LogP contribution is -2.54. The number of hydrogen-bond acceptors (Lipinski definition) is 7. The number of hydrazone groups is 1. The molecule has 0 aromatic heterocycles. The van der Waals surface area contributed by atoms with Gasteiger partial charge in [0.15, 0.2) is 5.17 Å². The minimum absolute atomic E-state index is 0.0434. The number of halogens is 3. The van der Waals surface area contributed by atoms with Crippen molar-refractivity contribution in [1.29, 1.82) is 0 Å². The van der Waals surface area contributed by atoms with E-state index in [1.165, 1.54) is 29.5 Å². The zero-order chi connectivity index (χ0) is 24.4. The van der Waals surface area contributed by atoms with Crippen LogP contribution in [0.1, 0.15) is 48.9 Å². The number of thioether (sulfide) groups is 1. The summed E-state index contributed by atoms with van der Waals surface area (Å²) in [6.07, 6.45) is 2.61. The van der Waals surface area contributed by atoms with Gasteiger partial charge in [0.2, 0.25) is 0 Å². The van der Waals surface area contributed by atoms with Gasteiger partial charge in [0.05, 0.1) is 24.3 Å². The Morgan fingerprint density at radius 2 is 1.97 bits per heavy atom. The Morgan fingerprint density at radius 1 is 1.14 bits per heavy atom. The molecule has 3 unspecified atom stereocenters. The second-order valence-electron chi connectivity index (χ2n) is 8.82. The van der Waals surface area contributed by atoms with Crippen LogP contribution in [0.4, 0.5) is 13.2 Å². The average molecular weight is 504 g/mol. The Morgan fingerprint density at radius 3 is 2.74 bits per heavy atom. The smallest absolute Gasteiger partial charge is 0.416 e. The van der Waals surface area contributed by atoms with E-state index >= 15 is 0 Å². The summed E-state index contributed by atoms with van der Waals surface area (Å²) < 4.78 is 44.8. The Kier molecular flexibility index (Phi) is 6.84. The quantitative estimate of drug-likeness (QED) is 0.492. The molecule has 1 fully saturated rings. The Hall–Kier alpha value is -2.85. The number of nitrogens with zero attached hydrogens (tertiary/aromatic N) is 3. The van der Waals surface area contributed by atoms with Gasteiger partial charge in [0, 0.05) is 18.2 Å². The van der Waals surface area contributed by atoms with Crippen LogP contribution in [-0.4, -0.2) is 33.9 Å². The molecule has 35 heavy (non-hydrogen) atoms. The molecular weight excluding hydrogens is 475 g/mol. The second-order valence-corrected chi connectivity index (χ2v) is 9.77. The van der Waals surface area contributed by atoms with Crippen molar-refractivity contribution in [3.63, 3.8) is 0 Å². The molecule has 3 atom stereocenters. The van der Waals surface area contributed by atoms with Crippen LogP contribution in [0.5, 0.6) is 5.75 Å². The van der Waals surface area contributed by atoms with E-state index in [2.05, 4.69) is 44.9 Å². The van der Waals surface area contributed by atoms with E-state index in [9.17, 15) is 13.2 Å². The van der Waals surface area contributed by atoms with Gasteiger partial charge in [-0.05, 0) is 42.2 Å². The molecule has 3 aliphatic heterocycles. The van der Waals surface area contributed by atoms with Crippen LogP contribution in [0.25, 0.3) is 0 Å². The monoisotopic (exact) mass is 503 g/mol. The van der Waals surface area contributed by atoms with Gasteiger partial charge in [-0.1, -0.05) is 55.4 Å². The highest BCUT2D eigenvalue weighted by Crippen LogP contribution is 2.36. The van der Waals surface area contributed by atoms with Crippen molar-refractivity contribution in [3.8, 4) is 5.75 Å². The van der Waals surface area contributed by atoms with Gasteiger partial charge in [-0.25, -0.2) is 5.43 Å². The number of benzene rings is 2. The molecule has 3 heterocycles. The summed E-state index contributed by atoms with van der Waals surface area (Å²) >= 11 is 1.43. The fraction of sp³-hybridized carbons (Fsp3) is 0.400. The van der Waals surface area contributed by atoms with Crippen LogP contribution in [0.15, 0.2) is 66.0 Å². The molecule has 3 aliphatic rings. The van der Waals surface area contributed by atoms with Crippen LogP contribution >= 0.6 is 11.8 Å². The average Bonchev–Trinajstić information content (AvgIpc) is 3.47. The summed E-state index contributed by atoms with van der Waals surface area (Å²) in [5.74, 6) is 1.29. The van der Waals surface area contributed by atoms with Gasteiger partial charge in [0.25, 0.3) is 0 Å². The van der Waals surface area contributed by atoms with E-state index < -0.39 is 11.7 Å². The normalized spacial score (nSPS) is 23.1. The molecule has 2 aromatic rings. The summed E-state index contributed by atoms with van der Waals surface area (Å²) in [5.41, 5.74) is 7.96. The standard InChI is InChI=1S/C25H28F3N5OS/c1-2-3-13-34-20-9-7-18(8-10-20)21-15-22-23-29-30-24(32(23)11-12-33(22)31-21)35-16-17-5-4-6-19(14-17)25(26,27)28/h4-12,14,21-23,29,31H,2-3,13,15-16H2,1H3. The van der Waals surface area contributed by atoms with Gasteiger partial charge in [-0.2, -0.15) is 18.3 Å². The van der Waals surface area contributed by atoms with Gasteiger partial charge < -0.3 is 14.6 Å². The number of fused-ring (bicyclic) bond motifs is 3. The van der Waals surface area contributed by atoms with E-state index in [0.29, 0.717) is 11.3 Å². The lowest BCUT2D eigenvalue weighted by Gasteiger charge is -2.36. The first-order valence-corrected chi connectivity index (χ1v) is 12.8. The lowest BCUT2D eigenvalue weighted by atomic mass is 10.00. The number of rotatable bonds is 7. The van der Waals surface area contributed by atoms with Gasteiger partial charge >= 0.3 is 6.18 Å². The Bertz CT molecular complexity index is 1090. The van der Waals surface area contributed by atoms with Gasteiger partial charge in [0.1, 0.15) is 11.9 Å². The maximum Gasteiger partial charge on any atom is 0.416 e. The molecule has 10 heteroatoms. The lowest BCUT2D eigenvalue weighted by molar-refractivity contribution is -0.137. The fourth-order valence-electron chi connectivity index (χ4n) is 4.48. The van der Waals surface area contributed by atoms with Crippen LogP contribution in [-0.2, 0) is 11.9 Å². The number of amidine groups is 1. The van der Waals surface area contributed by atoms with Crippen LogP contribution in [0.2, 0.25) is 0 Å². The summed E-state index contributed by atoms with van der Waals surface area (Å²) in [4.78, 5) is 2.06. The number of hydrogen-bond donors (Lipinski definition) is 2. The fourth-order valence-corrected chi connectivity index (χ4v) is 5.40.